The molecule has 0 amide bonds. The minimum Gasteiger partial charge on any atom is -0.368 e. The SMILES string of the molecule is Cl[C@H]1CCC[C@H]2O[C@@H]12. The van der Waals surface area contributed by atoms with Crippen LogP contribution in [-0.2, 0) is 4.74 Å². The number of hydrogen-bond acceptors (Lipinski definition) is 1. The Bertz CT molecular complexity index is 105. The number of hydrogen-bond donors (Lipinski definition) is 0. The summed E-state index contributed by atoms with van der Waals surface area (Å²) < 4.78 is 5.26. The van der Waals surface area contributed by atoms with Crippen molar-refractivity contribution < 1.29 is 4.74 Å². The molecule has 3 atom stereocenters. The van der Waals surface area contributed by atoms with Crippen LogP contribution in [0.4, 0.5) is 0 Å². The zero-order chi connectivity index (χ0) is 5.56. The monoisotopic (exact) mass is 132 g/mol. The van der Waals surface area contributed by atoms with E-state index < -0.39 is 0 Å². The number of alkyl halides is 1. The van der Waals surface area contributed by atoms with Crippen LogP contribution in [0.15, 0.2) is 0 Å². The molecule has 0 N–H and O–H groups in total. The van der Waals surface area contributed by atoms with E-state index in [4.69, 9.17) is 16.3 Å². The van der Waals surface area contributed by atoms with Crippen LogP contribution in [0.2, 0.25) is 0 Å². The highest BCUT2D eigenvalue weighted by atomic mass is 35.5. The van der Waals surface area contributed by atoms with Gasteiger partial charge in [0.1, 0.15) is 6.10 Å². The molecule has 46 valence electrons. The van der Waals surface area contributed by atoms with Crippen LogP contribution in [0.1, 0.15) is 19.3 Å². The molecule has 0 aromatic rings. The van der Waals surface area contributed by atoms with Crippen LogP contribution in [0.25, 0.3) is 0 Å². The highest BCUT2D eigenvalue weighted by Gasteiger charge is 2.46. The minimum absolute atomic E-state index is 0.328. The molecule has 0 radical (unpaired) electrons. The van der Waals surface area contributed by atoms with Gasteiger partial charge in [-0.3, -0.25) is 0 Å². The third-order valence-corrected chi connectivity index (χ3v) is 2.41. The third-order valence-electron chi connectivity index (χ3n) is 1.95. The van der Waals surface area contributed by atoms with Gasteiger partial charge in [0.2, 0.25) is 0 Å². The molecular weight excluding hydrogens is 124 g/mol. The molecule has 0 aromatic heterocycles. The van der Waals surface area contributed by atoms with Gasteiger partial charge in [-0.15, -0.1) is 11.6 Å². The van der Waals surface area contributed by atoms with E-state index in [1.54, 1.807) is 0 Å². The lowest BCUT2D eigenvalue weighted by atomic mass is 10.0. The Labute approximate surface area is 54.0 Å². The summed E-state index contributed by atoms with van der Waals surface area (Å²) in [5.41, 5.74) is 0. The molecule has 1 aliphatic carbocycles. The van der Waals surface area contributed by atoms with Crippen molar-refractivity contribution in [3.8, 4) is 0 Å². The molecule has 0 aromatic carbocycles. The van der Waals surface area contributed by atoms with Gasteiger partial charge in [-0.25, -0.2) is 0 Å². The number of ether oxygens (including phenoxy) is 1. The van der Waals surface area contributed by atoms with Crippen molar-refractivity contribution in [1.82, 2.24) is 0 Å². The van der Waals surface area contributed by atoms with Crippen molar-refractivity contribution in [2.45, 2.75) is 36.8 Å². The van der Waals surface area contributed by atoms with Crippen LogP contribution >= 0.6 is 11.6 Å². The van der Waals surface area contributed by atoms with Crippen molar-refractivity contribution in [2.24, 2.45) is 0 Å². The summed E-state index contributed by atoms with van der Waals surface area (Å²) in [7, 11) is 0. The van der Waals surface area contributed by atoms with Gasteiger partial charge in [0.05, 0.1) is 11.5 Å². The average Bonchev–Trinajstić information content (AvgIpc) is 2.45. The van der Waals surface area contributed by atoms with Crippen LogP contribution in [-0.4, -0.2) is 17.6 Å². The van der Waals surface area contributed by atoms with E-state index in [1.807, 2.05) is 0 Å². The minimum atomic E-state index is 0.328. The summed E-state index contributed by atoms with van der Waals surface area (Å²) in [4.78, 5) is 0. The highest BCUT2D eigenvalue weighted by Crippen LogP contribution is 2.39. The van der Waals surface area contributed by atoms with Gasteiger partial charge in [-0.1, -0.05) is 0 Å². The third kappa shape index (κ3) is 0.652. The normalized spacial score (nSPS) is 52.9. The lowest BCUT2D eigenvalue weighted by molar-refractivity contribution is 0.374. The fourth-order valence-corrected chi connectivity index (χ4v) is 1.76. The van der Waals surface area contributed by atoms with Gasteiger partial charge in [0, 0.05) is 0 Å². The predicted octanol–water partition coefficient (Wildman–Crippen LogP) is 1.55. The second kappa shape index (κ2) is 1.61. The molecular formula is C6H9ClO. The van der Waals surface area contributed by atoms with E-state index in [0.717, 1.165) is 6.42 Å². The standard InChI is InChI=1S/C6H9ClO/c7-4-2-1-3-5-6(4)8-5/h4-6H,1-3H2/t4-,5+,6-/m0/s1. The van der Waals surface area contributed by atoms with Gasteiger partial charge in [0.15, 0.2) is 0 Å². The first-order valence-electron chi connectivity index (χ1n) is 3.17. The van der Waals surface area contributed by atoms with Crippen molar-refractivity contribution >= 4 is 11.6 Å². The zero-order valence-corrected chi connectivity index (χ0v) is 5.40. The van der Waals surface area contributed by atoms with Crippen molar-refractivity contribution in [3.05, 3.63) is 0 Å². The van der Waals surface area contributed by atoms with Crippen LogP contribution in [0.3, 0.4) is 0 Å². The van der Waals surface area contributed by atoms with Crippen molar-refractivity contribution in [3.63, 3.8) is 0 Å². The Morgan fingerprint density at radius 3 is 2.88 bits per heavy atom. The molecule has 2 fully saturated rings. The van der Waals surface area contributed by atoms with E-state index in [9.17, 15) is 0 Å². The lowest BCUT2D eigenvalue weighted by Crippen LogP contribution is -2.15. The Balaban J connectivity index is 1.99. The smallest absolute Gasteiger partial charge is 0.100 e. The summed E-state index contributed by atoms with van der Waals surface area (Å²) in [6.07, 6.45) is 4.64. The van der Waals surface area contributed by atoms with Crippen molar-refractivity contribution in [1.29, 1.82) is 0 Å². The summed E-state index contributed by atoms with van der Waals surface area (Å²) in [5, 5.41) is 0.328. The molecule has 2 aliphatic rings. The van der Waals surface area contributed by atoms with Gasteiger partial charge in [-0.2, -0.15) is 0 Å². The van der Waals surface area contributed by atoms with Gasteiger partial charge < -0.3 is 4.74 Å². The van der Waals surface area contributed by atoms with Crippen LogP contribution in [0, 0.1) is 0 Å². The zero-order valence-electron chi connectivity index (χ0n) is 4.64. The maximum atomic E-state index is 5.88. The fraction of sp³-hybridized carbons (Fsp3) is 1.00. The first-order chi connectivity index (χ1) is 3.88. The molecule has 2 rings (SSSR count). The number of rotatable bonds is 0. The lowest BCUT2D eigenvalue weighted by Gasteiger charge is -2.08. The molecule has 1 saturated heterocycles. The first-order valence-corrected chi connectivity index (χ1v) is 3.61. The maximum absolute atomic E-state index is 5.88. The van der Waals surface area contributed by atoms with Crippen molar-refractivity contribution in [2.75, 3.05) is 0 Å². The van der Waals surface area contributed by atoms with Crippen LogP contribution < -0.4 is 0 Å². The molecule has 0 unspecified atom stereocenters. The average molecular weight is 133 g/mol. The second-order valence-corrected chi connectivity index (χ2v) is 3.15. The van der Waals surface area contributed by atoms with E-state index in [-0.39, 0.29) is 0 Å². The Morgan fingerprint density at radius 2 is 2.25 bits per heavy atom. The molecule has 1 aliphatic heterocycles. The number of halogens is 1. The Hall–Kier alpha value is 0.250. The summed E-state index contributed by atoms with van der Waals surface area (Å²) in [6.45, 7) is 0. The van der Waals surface area contributed by atoms with E-state index in [1.165, 1.54) is 12.8 Å². The Kier molecular flexibility index (Phi) is 1.02. The quantitative estimate of drug-likeness (QED) is 0.360. The molecule has 2 heteroatoms. The van der Waals surface area contributed by atoms with E-state index >= 15 is 0 Å². The maximum Gasteiger partial charge on any atom is 0.100 e. The largest absolute Gasteiger partial charge is 0.368 e. The number of fused-ring (bicyclic) bond motifs is 1. The van der Waals surface area contributed by atoms with Crippen LogP contribution in [0.5, 0.6) is 0 Å². The summed E-state index contributed by atoms with van der Waals surface area (Å²) in [6, 6.07) is 0. The number of epoxide rings is 1. The second-order valence-electron chi connectivity index (χ2n) is 2.59. The predicted molar refractivity (Wildman–Crippen MR) is 32.2 cm³/mol. The highest BCUT2D eigenvalue weighted by molar-refractivity contribution is 6.21. The van der Waals surface area contributed by atoms with Gasteiger partial charge in [-0.05, 0) is 19.3 Å². The molecule has 1 nitrogen and oxygen atoms in total. The Morgan fingerprint density at radius 1 is 1.38 bits per heavy atom. The fourth-order valence-electron chi connectivity index (χ4n) is 1.39. The first kappa shape index (κ1) is 5.07. The topological polar surface area (TPSA) is 12.5 Å². The molecule has 0 spiro atoms. The molecule has 1 saturated carbocycles. The van der Waals surface area contributed by atoms with Gasteiger partial charge in [0.25, 0.3) is 0 Å². The molecule has 0 bridgehead atoms. The molecule has 1 heterocycles. The van der Waals surface area contributed by atoms with E-state index in [2.05, 4.69) is 0 Å². The van der Waals surface area contributed by atoms with Gasteiger partial charge >= 0.3 is 0 Å². The molecule has 8 heavy (non-hydrogen) atoms. The summed E-state index contributed by atoms with van der Waals surface area (Å²) >= 11 is 5.88. The summed E-state index contributed by atoms with van der Waals surface area (Å²) in [5.74, 6) is 0. The van der Waals surface area contributed by atoms with E-state index in [0.29, 0.717) is 17.6 Å².